The first-order valence-electron chi connectivity index (χ1n) is 6.02. The van der Waals surface area contributed by atoms with Crippen molar-refractivity contribution in [3.63, 3.8) is 0 Å². The molecule has 1 heteroatoms. The molecule has 0 radical (unpaired) electrons. The number of unbranched alkanes of at least 4 members (excludes halogenated alkanes) is 1. The Balaban J connectivity index is 2.74. The van der Waals surface area contributed by atoms with E-state index in [9.17, 15) is 0 Å². The smallest absolute Gasteiger partial charge is 0.0320 e. The molecular formula is C15H21N. The second-order valence-electron chi connectivity index (χ2n) is 3.99. The normalized spacial score (nSPS) is 12.1. The molecule has 0 saturated heterocycles. The summed E-state index contributed by atoms with van der Waals surface area (Å²) < 4.78 is 0. The molecule has 0 aliphatic heterocycles. The van der Waals surface area contributed by atoms with Crippen LogP contribution in [-0.4, -0.2) is 7.05 Å². The Morgan fingerprint density at radius 2 is 2.12 bits per heavy atom. The summed E-state index contributed by atoms with van der Waals surface area (Å²) in [4.78, 5) is 0. The molecule has 16 heavy (non-hydrogen) atoms. The molecule has 0 aliphatic rings. The molecule has 0 saturated carbocycles. The van der Waals surface area contributed by atoms with Gasteiger partial charge in [0.05, 0.1) is 0 Å². The Labute approximate surface area is 99.3 Å². The minimum atomic E-state index is 0.435. The van der Waals surface area contributed by atoms with Crippen LogP contribution >= 0.6 is 0 Å². The van der Waals surface area contributed by atoms with Crippen molar-refractivity contribution < 1.29 is 0 Å². The third-order valence-corrected chi connectivity index (χ3v) is 2.97. The predicted octanol–water partition coefficient (Wildman–Crippen LogP) is 3.31. The summed E-state index contributed by atoms with van der Waals surface area (Å²) >= 11 is 0. The highest BCUT2D eigenvalue weighted by molar-refractivity contribution is 5.30. The zero-order chi connectivity index (χ0) is 11.8. The Kier molecular flexibility index (Phi) is 5.67. The van der Waals surface area contributed by atoms with Gasteiger partial charge in [0.1, 0.15) is 0 Å². The van der Waals surface area contributed by atoms with Crippen molar-refractivity contribution in [3.05, 3.63) is 35.4 Å². The van der Waals surface area contributed by atoms with Crippen molar-refractivity contribution in [2.45, 2.75) is 38.6 Å². The van der Waals surface area contributed by atoms with E-state index in [4.69, 9.17) is 6.42 Å². The van der Waals surface area contributed by atoms with E-state index in [-0.39, 0.29) is 0 Å². The molecule has 1 atom stereocenters. The molecule has 0 spiro atoms. The number of hydrogen-bond donors (Lipinski definition) is 1. The maximum absolute atomic E-state index is 5.28. The van der Waals surface area contributed by atoms with Gasteiger partial charge in [-0.2, -0.15) is 0 Å². The minimum Gasteiger partial charge on any atom is -0.313 e. The average Bonchev–Trinajstić information content (AvgIpc) is 2.35. The molecule has 0 aromatic heterocycles. The fourth-order valence-corrected chi connectivity index (χ4v) is 2.06. The largest absolute Gasteiger partial charge is 0.313 e. The lowest BCUT2D eigenvalue weighted by molar-refractivity contribution is 0.528. The maximum atomic E-state index is 5.28. The number of nitrogens with one attached hydrogen (secondary N) is 1. The van der Waals surface area contributed by atoms with Gasteiger partial charge in [-0.1, -0.05) is 31.2 Å². The summed E-state index contributed by atoms with van der Waals surface area (Å²) in [6.07, 6.45) is 9.43. The molecule has 0 heterocycles. The van der Waals surface area contributed by atoms with E-state index in [1.807, 2.05) is 7.05 Å². The molecule has 1 unspecified atom stereocenters. The Hall–Kier alpha value is -1.26. The lowest BCUT2D eigenvalue weighted by Crippen LogP contribution is -2.17. The maximum Gasteiger partial charge on any atom is 0.0320 e. The van der Waals surface area contributed by atoms with E-state index < -0.39 is 0 Å². The van der Waals surface area contributed by atoms with Crippen LogP contribution in [0.15, 0.2) is 24.3 Å². The van der Waals surface area contributed by atoms with Gasteiger partial charge in [0, 0.05) is 12.5 Å². The monoisotopic (exact) mass is 215 g/mol. The number of aryl methyl sites for hydroxylation is 1. The van der Waals surface area contributed by atoms with Crippen LogP contribution in [-0.2, 0) is 6.42 Å². The lowest BCUT2D eigenvalue weighted by atomic mass is 9.95. The van der Waals surface area contributed by atoms with Crippen LogP contribution in [0.5, 0.6) is 0 Å². The van der Waals surface area contributed by atoms with Crippen LogP contribution in [0.3, 0.4) is 0 Å². The van der Waals surface area contributed by atoms with Gasteiger partial charge in [0.2, 0.25) is 0 Å². The zero-order valence-electron chi connectivity index (χ0n) is 10.3. The van der Waals surface area contributed by atoms with Crippen LogP contribution in [0.2, 0.25) is 0 Å². The second kappa shape index (κ2) is 7.09. The van der Waals surface area contributed by atoms with E-state index in [0.717, 1.165) is 25.7 Å². The standard InChI is InChI=1S/C15H21N/c1-4-6-7-12-15(16-3)14-11-9-8-10-13(14)5-2/h1,8-11,15-16H,5-7,12H2,2-3H3. The first kappa shape index (κ1) is 12.8. The Bertz CT molecular complexity index is 349. The van der Waals surface area contributed by atoms with Gasteiger partial charge in [-0.05, 0) is 37.4 Å². The number of benzene rings is 1. The van der Waals surface area contributed by atoms with Gasteiger partial charge in [-0.3, -0.25) is 0 Å². The van der Waals surface area contributed by atoms with Gasteiger partial charge < -0.3 is 5.32 Å². The average molecular weight is 215 g/mol. The van der Waals surface area contributed by atoms with E-state index in [2.05, 4.69) is 42.4 Å². The fourth-order valence-electron chi connectivity index (χ4n) is 2.06. The molecular weight excluding hydrogens is 194 g/mol. The molecule has 0 amide bonds. The van der Waals surface area contributed by atoms with Crippen molar-refractivity contribution in [2.24, 2.45) is 0 Å². The highest BCUT2D eigenvalue weighted by Crippen LogP contribution is 2.22. The third-order valence-electron chi connectivity index (χ3n) is 2.97. The quantitative estimate of drug-likeness (QED) is 0.567. The van der Waals surface area contributed by atoms with E-state index in [1.165, 1.54) is 11.1 Å². The van der Waals surface area contributed by atoms with Gasteiger partial charge in [-0.25, -0.2) is 0 Å². The highest BCUT2D eigenvalue weighted by Gasteiger charge is 2.11. The topological polar surface area (TPSA) is 12.0 Å². The van der Waals surface area contributed by atoms with E-state index in [1.54, 1.807) is 0 Å². The molecule has 1 rings (SSSR count). The highest BCUT2D eigenvalue weighted by atomic mass is 14.9. The summed E-state index contributed by atoms with van der Waals surface area (Å²) in [6, 6.07) is 9.08. The van der Waals surface area contributed by atoms with Crippen molar-refractivity contribution >= 4 is 0 Å². The summed E-state index contributed by atoms with van der Waals surface area (Å²) in [5, 5.41) is 3.38. The van der Waals surface area contributed by atoms with Crippen molar-refractivity contribution in [3.8, 4) is 12.3 Å². The van der Waals surface area contributed by atoms with Crippen LogP contribution in [0, 0.1) is 12.3 Å². The number of hydrogen-bond acceptors (Lipinski definition) is 1. The van der Waals surface area contributed by atoms with E-state index in [0.29, 0.717) is 6.04 Å². The molecule has 86 valence electrons. The SMILES string of the molecule is C#CCCCC(NC)c1ccccc1CC. The first-order chi connectivity index (χ1) is 7.83. The number of terminal acetylenes is 1. The molecule has 1 aromatic rings. The number of rotatable bonds is 6. The minimum absolute atomic E-state index is 0.435. The Morgan fingerprint density at radius 1 is 1.38 bits per heavy atom. The van der Waals surface area contributed by atoms with Crippen molar-refractivity contribution in [1.29, 1.82) is 0 Å². The lowest BCUT2D eigenvalue weighted by Gasteiger charge is -2.19. The molecule has 0 bridgehead atoms. The predicted molar refractivity (Wildman–Crippen MR) is 70.3 cm³/mol. The van der Waals surface area contributed by atoms with Gasteiger partial charge in [0.15, 0.2) is 0 Å². The zero-order valence-corrected chi connectivity index (χ0v) is 10.3. The summed E-state index contributed by atoms with van der Waals surface area (Å²) in [6.45, 7) is 2.20. The Morgan fingerprint density at radius 3 is 2.75 bits per heavy atom. The third kappa shape index (κ3) is 3.40. The van der Waals surface area contributed by atoms with Crippen LogP contribution in [0.4, 0.5) is 0 Å². The molecule has 0 fully saturated rings. The van der Waals surface area contributed by atoms with Crippen LogP contribution in [0.25, 0.3) is 0 Å². The van der Waals surface area contributed by atoms with Crippen LogP contribution in [0.1, 0.15) is 43.4 Å². The summed E-state index contributed by atoms with van der Waals surface area (Å²) in [5.41, 5.74) is 2.85. The first-order valence-corrected chi connectivity index (χ1v) is 6.02. The van der Waals surface area contributed by atoms with Crippen molar-refractivity contribution in [2.75, 3.05) is 7.05 Å². The van der Waals surface area contributed by atoms with Gasteiger partial charge in [-0.15, -0.1) is 12.3 Å². The molecule has 1 N–H and O–H groups in total. The summed E-state index contributed by atoms with van der Waals surface area (Å²) in [5.74, 6) is 2.70. The fraction of sp³-hybridized carbons (Fsp3) is 0.467. The second-order valence-corrected chi connectivity index (χ2v) is 3.99. The van der Waals surface area contributed by atoms with Crippen molar-refractivity contribution in [1.82, 2.24) is 5.32 Å². The van der Waals surface area contributed by atoms with Crippen LogP contribution < -0.4 is 5.32 Å². The van der Waals surface area contributed by atoms with E-state index >= 15 is 0 Å². The molecule has 1 nitrogen and oxygen atoms in total. The summed E-state index contributed by atoms with van der Waals surface area (Å²) in [7, 11) is 2.02. The molecule has 1 aromatic carbocycles. The molecule has 0 aliphatic carbocycles. The van der Waals surface area contributed by atoms with Gasteiger partial charge in [0.25, 0.3) is 0 Å². The van der Waals surface area contributed by atoms with Gasteiger partial charge >= 0.3 is 0 Å².